The zero-order valence-corrected chi connectivity index (χ0v) is 10.4. The van der Waals surface area contributed by atoms with Gasteiger partial charge in [-0.05, 0) is 25.0 Å². The molecule has 0 spiro atoms. The maximum atomic E-state index is 13.6. The normalized spacial score (nSPS) is 23.3. The van der Waals surface area contributed by atoms with E-state index in [2.05, 4.69) is 5.32 Å². The van der Waals surface area contributed by atoms with Crippen molar-refractivity contribution in [3.05, 3.63) is 23.8 Å². The molecule has 0 saturated carbocycles. The highest BCUT2D eigenvalue weighted by molar-refractivity contribution is 5.54. The van der Waals surface area contributed by atoms with E-state index in [1.165, 1.54) is 0 Å². The number of hydrogen-bond donors (Lipinski definition) is 2. The van der Waals surface area contributed by atoms with Gasteiger partial charge in [0.2, 0.25) is 0 Å². The van der Waals surface area contributed by atoms with Crippen molar-refractivity contribution in [2.75, 3.05) is 24.2 Å². The zero-order valence-electron chi connectivity index (χ0n) is 10.4. The molecule has 5 heteroatoms. The number of ether oxygens (including phenoxy) is 1. The minimum absolute atomic E-state index is 0.0891. The average Bonchev–Trinajstić information content (AvgIpc) is 2.75. The molecule has 1 aliphatic rings. The second-order valence-corrected chi connectivity index (χ2v) is 4.61. The first-order valence-electron chi connectivity index (χ1n) is 6.21. The van der Waals surface area contributed by atoms with Crippen molar-refractivity contribution in [2.45, 2.75) is 25.9 Å². The van der Waals surface area contributed by atoms with Gasteiger partial charge in [0.1, 0.15) is 5.69 Å². The third-order valence-corrected chi connectivity index (χ3v) is 3.35. The maximum absolute atomic E-state index is 13.6. The number of rotatable bonds is 4. The van der Waals surface area contributed by atoms with E-state index in [1.807, 2.05) is 6.92 Å². The van der Waals surface area contributed by atoms with Crippen LogP contribution in [0.3, 0.4) is 0 Å². The van der Waals surface area contributed by atoms with Crippen molar-refractivity contribution < 1.29 is 13.5 Å². The number of halogens is 2. The van der Waals surface area contributed by atoms with Gasteiger partial charge in [-0.15, -0.1) is 0 Å². The van der Waals surface area contributed by atoms with Crippen molar-refractivity contribution in [3.63, 3.8) is 0 Å². The molecular weight excluding hydrogens is 238 g/mol. The van der Waals surface area contributed by atoms with Crippen LogP contribution < -0.4 is 11.1 Å². The van der Waals surface area contributed by atoms with Crippen molar-refractivity contribution in [1.82, 2.24) is 0 Å². The van der Waals surface area contributed by atoms with Gasteiger partial charge in [-0.1, -0.05) is 6.92 Å². The summed E-state index contributed by atoms with van der Waals surface area (Å²) < 4.78 is 32.6. The van der Waals surface area contributed by atoms with Crippen molar-refractivity contribution in [2.24, 2.45) is 5.92 Å². The Hall–Kier alpha value is -1.36. The van der Waals surface area contributed by atoms with Gasteiger partial charge in [0.25, 0.3) is 0 Å². The maximum Gasteiger partial charge on any atom is 0.151 e. The molecule has 1 aromatic carbocycles. The smallest absolute Gasteiger partial charge is 0.151 e. The first-order chi connectivity index (χ1) is 8.61. The van der Waals surface area contributed by atoms with Gasteiger partial charge in [-0.3, -0.25) is 0 Å². The lowest BCUT2D eigenvalue weighted by Gasteiger charge is -2.18. The fourth-order valence-electron chi connectivity index (χ4n) is 2.37. The Morgan fingerprint density at radius 1 is 1.39 bits per heavy atom. The fourth-order valence-corrected chi connectivity index (χ4v) is 2.37. The monoisotopic (exact) mass is 256 g/mol. The van der Waals surface area contributed by atoms with Gasteiger partial charge in [0.15, 0.2) is 11.6 Å². The summed E-state index contributed by atoms with van der Waals surface area (Å²) in [5, 5.41) is 2.83. The molecule has 0 aromatic heterocycles. The van der Waals surface area contributed by atoms with Crippen LogP contribution in [0.5, 0.6) is 0 Å². The first-order valence-corrected chi connectivity index (χ1v) is 6.21. The van der Waals surface area contributed by atoms with Crippen LogP contribution in [0.25, 0.3) is 0 Å². The summed E-state index contributed by atoms with van der Waals surface area (Å²) in [7, 11) is 0. The predicted octanol–water partition coefficient (Wildman–Crippen LogP) is 2.77. The summed E-state index contributed by atoms with van der Waals surface area (Å²) in [5.74, 6) is -1.01. The molecule has 0 bridgehead atoms. The van der Waals surface area contributed by atoms with Gasteiger partial charge in [-0.25, -0.2) is 8.78 Å². The Balaban J connectivity index is 2.02. The summed E-state index contributed by atoms with van der Waals surface area (Å²) in [6.07, 6.45) is 2.01. The van der Waals surface area contributed by atoms with E-state index in [4.69, 9.17) is 10.5 Å². The molecule has 2 rings (SSSR count). The third-order valence-electron chi connectivity index (χ3n) is 3.35. The van der Waals surface area contributed by atoms with Crippen molar-refractivity contribution in [1.29, 1.82) is 0 Å². The molecule has 3 nitrogen and oxygen atoms in total. The molecule has 2 unspecified atom stereocenters. The van der Waals surface area contributed by atoms with Crippen LogP contribution in [0, 0.1) is 17.6 Å². The molecule has 0 amide bonds. The van der Waals surface area contributed by atoms with Gasteiger partial charge in [0, 0.05) is 24.8 Å². The summed E-state index contributed by atoms with van der Waals surface area (Å²) in [6.45, 7) is 3.28. The van der Waals surface area contributed by atoms with Gasteiger partial charge in [-0.2, -0.15) is 0 Å². The van der Waals surface area contributed by atoms with Crippen LogP contribution in [0.2, 0.25) is 0 Å². The number of nitrogen functional groups attached to an aromatic ring is 1. The highest BCUT2D eigenvalue weighted by atomic mass is 19.1. The van der Waals surface area contributed by atoms with Gasteiger partial charge in [0.05, 0.1) is 6.10 Å². The van der Waals surface area contributed by atoms with E-state index in [9.17, 15) is 8.78 Å². The standard InChI is InChI=1S/C13H18F2N2O/c1-2-12-8(3-4-18-12)7-17-13-10(14)5-9(16)6-11(13)15/h5-6,8,12,17H,2-4,7,16H2,1H3. The van der Waals surface area contributed by atoms with Crippen LogP contribution >= 0.6 is 0 Å². The van der Waals surface area contributed by atoms with E-state index in [0.717, 1.165) is 31.6 Å². The number of benzene rings is 1. The molecule has 2 atom stereocenters. The first kappa shape index (κ1) is 13.1. The average molecular weight is 256 g/mol. The van der Waals surface area contributed by atoms with E-state index < -0.39 is 11.6 Å². The molecule has 100 valence electrons. The van der Waals surface area contributed by atoms with Crippen LogP contribution in [0.1, 0.15) is 19.8 Å². The van der Waals surface area contributed by atoms with Crippen LogP contribution in [-0.2, 0) is 4.74 Å². The predicted molar refractivity (Wildman–Crippen MR) is 67.4 cm³/mol. The molecule has 18 heavy (non-hydrogen) atoms. The Labute approximate surface area is 105 Å². The number of hydrogen-bond acceptors (Lipinski definition) is 3. The number of nitrogens with two attached hydrogens (primary N) is 1. The quantitative estimate of drug-likeness (QED) is 0.814. The molecule has 1 fully saturated rings. The lowest BCUT2D eigenvalue weighted by molar-refractivity contribution is 0.0900. The summed E-state index contributed by atoms with van der Waals surface area (Å²) in [4.78, 5) is 0. The van der Waals surface area contributed by atoms with Crippen LogP contribution in [0.4, 0.5) is 20.2 Å². The van der Waals surface area contributed by atoms with Crippen molar-refractivity contribution >= 4 is 11.4 Å². The van der Waals surface area contributed by atoms with E-state index in [0.29, 0.717) is 12.5 Å². The second-order valence-electron chi connectivity index (χ2n) is 4.61. The largest absolute Gasteiger partial charge is 0.399 e. The summed E-state index contributed by atoms with van der Waals surface area (Å²) >= 11 is 0. The SMILES string of the molecule is CCC1OCCC1CNc1c(F)cc(N)cc1F. The van der Waals surface area contributed by atoms with Crippen LogP contribution in [0.15, 0.2) is 12.1 Å². The molecule has 0 radical (unpaired) electrons. The molecule has 1 aromatic rings. The Bertz CT molecular complexity index is 402. The molecular formula is C13H18F2N2O. The molecule has 1 saturated heterocycles. The minimum atomic E-state index is -0.653. The highest BCUT2D eigenvalue weighted by Gasteiger charge is 2.26. The lowest BCUT2D eigenvalue weighted by Crippen LogP contribution is -2.23. The van der Waals surface area contributed by atoms with Gasteiger partial charge >= 0.3 is 0 Å². The summed E-state index contributed by atoms with van der Waals surface area (Å²) in [6, 6.07) is 2.24. The minimum Gasteiger partial charge on any atom is -0.399 e. The number of nitrogens with one attached hydrogen (secondary N) is 1. The Morgan fingerprint density at radius 2 is 2.06 bits per heavy atom. The zero-order chi connectivity index (χ0) is 13.1. The summed E-state index contributed by atoms with van der Waals surface area (Å²) in [5.41, 5.74) is 5.35. The Kier molecular flexibility index (Phi) is 4.01. The second kappa shape index (κ2) is 5.52. The lowest BCUT2D eigenvalue weighted by atomic mass is 9.99. The van der Waals surface area contributed by atoms with E-state index in [1.54, 1.807) is 0 Å². The highest BCUT2D eigenvalue weighted by Crippen LogP contribution is 2.26. The molecule has 0 aliphatic carbocycles. The van der Waals surface area contributed by atoms with E-state index in [-0.39, 0.29) is 17.5 Å². The molecule has 3 N–H and O–H groups in total. The fraction of sp³-hybridized carbons (Fsp3) is 0.538. The Morgan fingerprint density at radius 3 is 2.67 bits per heavy atom. The third kappa shape index (κ3) is 2.72. The molecule has 1 aliphatic heterocycles. The number of anilines is 2. The molecule has 1 heterocycles. The van der Waals surface area contributed by atoms with Crippen molar-refractivity contribution in [3.8, 4) is 0 Å². The van der Waals surface area contributed by atoms with Gasteiger partial charge < -0.3 is 15.8 Å². The topological polar surface area (TPSA) is 47.3 Å². The van der Waals surface area contributed by atoms with E-state index >= 15 is 0 Å². The van der Waals surface area contributed by atoms with Crippen LogP contribution in [-0.4, -0.2) is 19.3 Å².